The Morgan fingerprint density at radius 1 is 1.00 bits per heavy atom. The van der Waals surface area contributed by atoms with Crippen molar-refractivity contribution in [2.24, 2.45) is 5.92 Å². The lowest BCUT2D eigenvalue weighted by molar-refractivity contribution is -0.152. The van der Waals surface area contributed by atoms with Crippen molar-refractivity contribution in [3.05, 3.63) is 35.9 Å². The average Bonchev–Trinajstić information content (AvgIpc) is 2.54. The minimum absolute atomic E-state index is 0.0128. The lowest BCUT2D eigenvalue weighted by Gasteiger charge is -2.15. The number of carbonyl (C=O) groups is 2. The SMILES string of the molecule is CCCCCC(=O)C(Cc1ccccc1)C(=O)OCCCC. The van der Waals surface area contributed by atoms with Gasteiger partial charge in [-0.1, -0.05) is 63.4 Å². The van der Waals surface area contributed by atoms with Crippen molar-refractivity contribution in [2.45, 2.75) is 58.8 Å². The van der Waals surface area contributed by atoms with Gasteiger partial charge in [0.05, 0.1) is 6.61 Å². The molecule has 0 saturated carbocycles. The Balaban J connectivity index is 2.66. The fourth-order valence-corrected chi connectivity index (χ4v) is 2.32. The lowest BCUT2D eigenvalue weighted by Crippen LogP contribution is -2.28. The molecule has 3 heteroatoms. The van der Waals surface area contributed by atoms with E-state index >= 15 is 0 Å². The molecule has 0 aliphatic carbocycles. The van der Waals surface area contributed by atoms with Gasteiger partial charge in [0.2, 0.25) is 0 Å². The minimum atomic E-state index is -0.656. The molecule has 0 fully saturated rings. The molecule has 1 rings (SSSR count). The van der Waals surface area contributed by atoms with Crippen molar-refractivity contribution in [3.63, 3.8) is 0 Å². The molecule has 0 amide bonds. The minimum Gasteiger partial charge on any atom is -0.465 e. The number of Topliss-reactive ketones (excluding diaryl/α,β-unsaturated/α-hetero) is 1. The molecule has 0 aromatic heterocycles. The fraction of sp³-hybridized carbons (Fsp3) is 0.579. The van der Waals surface area contributed by atoms with Crippen LogP contribution in [0.15, 0.2) is 30.3 Å². The van der Waals surface area contributed by atoms with Crippen LogP contribution >= 0.6 is 0 Å². The van der Waals surface area contributed by atoms with E-state index in [1.54, 1.807) is 0 Å². The van der Waals surface area contributed by atoms with Crippen LogP contribution in [0.4, 0.5) is 0 Å². The van der Waals surface area contributed by atoms with Crippen LogP contribution in [-0.2, 0) is 20.7 Å². The standard InChI is InChI=1S/C19H28O3/c1-3-5-8-13-18(20)17(19(21)22-14-6-4-2)15-16-11-9-7-10-12-16/h7,9-12,17H,3-6,8,13-15H2,1-2H3. The van der Waals surface area contributed by atoms with E-state index < -0.39 is 5.92 Å². The third kappa shape index (κ3) is 6.88. The van der Waals surface area contributed by atoms with Crippen molar-refractivity contribution >= 4 is 11.8 Å². The van der Waals surface area contributed by atoms with Crippen molar-refractivity contribution in [2.75, 3.05) is 6.61 Å². The number of ether oxygens (including phenoxy) is 1. The molecule has 0 radical (unpaired) electrons. The molecule has 22 heavy (non-hydrogen) atoms. The van der Waals surface area contributed by atoms with E-state index in [4.69, 9.17) is 4.74 Å². The molecule has 0 spiro atoms. The van der Waals surface area contributed by atoms with Crippen molar-refractivity contribution in [1.82, 2.24) is 0 Å². The summed E-state index contributed by atoms with van der Waals surface area (Å²) in [7, 11) is 0. The fourth-order valence-electron chi connectivity index (χ4n) is 2.32. The second-order valence-corrected chi connectivity index (χ2v) is 5.69. The van der Waals surface area contributed by atoms with Crippen molar-refractivity contribution in [3.8, 4) is 0 Å². The Morgan fingerprint density at radius 3 is 2.32 bits per heavy atom. The maximum absolute atomic E-state index is 12.4. The van der Waals surface area contributed by atoms with Gasteiger partial charge < -0.3 is 4.74 Å². The second-order valence-electron chi connectivity index (χ2n) is 5.69. The molecular formula is C19H28O3. The van der Waals surface area contributed by atoms with E-state index in [1.165, 1.54) is 0 Å². The number of benzene rings is 1. The topological polar surface area (TPSA) is 43.4 Å². The Bertz CT molecular complexity index is 417. The Morgan fingerprint density at radius 2 is 1.68 bits per heavy atom. The maximum Gasteiger partial charge on any atom is 0.316 e. The van der Waals surface area contributed by atoms with Crippen LogP contribution in [0.5, 0.6) is 0 Å². The first kappa shape index (κ1) is 18.4. The molecule has 0 aliphatic rings. The molecule has 1 unspecified atom stereocenters. The first-order chi connectivity index (χ1) is 10.7. The van der Waals surface area contributed by atoms with Gasteiger partial charge in [-0.15, -0.1) is 0 Å². The Labute approximate surface area is 134 Å². The summed E-state index contributed by atoms with van der Waals surface area (Å²) in [5.74, 6) is -1.01. The van der Waals surface area contributed by atoms with Gasteiger partial charge in [-0.3, -0.25) is 9.59 Å². The van der Waals surface area contributed by atoms with Gasteiger partial charge in [0.15, 0.2) is 0 Å². The molecule has 0 bridgehead atoms. The molecule has 1 aromatic carbocycles. The maximum atomic E-state index is 12.4. The first-order valence-corrected chi connectivity index (χ1v) is 8.42. The monoisotopic (exact) mass is 304 g/mol. The molecule has 122 valence electrons. The number of ketones is 1. The number of hydrogen-bond donors (Lipinski definition) is 0. The molecular weight excluding hydrogens is 276 g/mol. The predicted octanol–water partition coefficient (Wildman–Crippen LogP) is 4.34. The van der Waals surface area contributed by atoms with E-state index in [-0.39, 0.29) is 11.8 Å². The third-order valence-electron chi connectivity index (χ3n) is 3.72. The zero-order valence-electron chi connectivity index (χ0n) is 13.8. The molecule has 0 aliphatic heterocycles. The lowest BCUT2D eigenvalue weighted by atomic mass is 9.92. The average molecular weight is 304 g/mol. The highest BCUT2D eigenvalue weighted by Gasteiger charge is 2.27. The van der Waals surface area contributed by atoms with Crippen molar-refractivity contribution in [1.29, 1.82) is 0 Å². The van der Waals surface area contributed by atoms with Crippen LogP contribution in [-0.4, -0.2) is 18.4 Å². The molecule has 0 saturated heterocycles. The molecule has 1 atom stereocenters. The van der Waals surface area contributed by atoms with Gasteiger partial charge in [-0.25, -0.2) is 0 Å². The number of hydrogen-bond acceptors (Lipinski definition) is 3. The number of carbonyl (C=O) groups excluding carboxylic acids is 2. The van der Waals surface area contributed by atoms with E-state index in [2.05, 4.69) is 6.92 Å². The van der Waals surface area contributed by atoms with Gasteiger partial charge in [0, 0.05) is 6.42 Å². The summed E-state index contributed by atoms with van der Waals surface area (Å²) in [5.41, 5.74) is 1.00. The first-order valence-electron chi connectivity index (χ1n) is 8.42. The quantitative estimate of drug-likeness (QED) is 0.347. The van der Waals surface area contributed by atoms with Crippen LogP contribution in [0.2, 0.25) is 0 Å². The summed E-state index contributed by atoms with van der Waals surface area (Å²) >= 11 is 0. The summed E-state index contributed by atoms with van der Waals surface area (Å²) in [6.07, 6.45) is 5.66. The van der Waals surface area contributed by atoms with Crippen LogP contribution in [0.1, 0.15) is 57.9 Å². The van der Waals surface area contributed by atoms with Crippen LogP contribution in [0, 0.1) is 5.92 Å². The van der Waals surface area contributed by atoms with Gasteiger partial charge in [-0.05, 0) is 24.8 Å². The predicted molar refractivity (Wildman–Crippen MR) is 88.7 cm³/mol. The van der Waals surface area contributed by atoms with Crippen LogP contribution in [0.3, 0.4) is 0 Å². The highest BCUT2D eigenvalue weighted by Crippen LogP contribution is 2.16. The highest BCUT2D eigenvalue weighted by molar-refractivity contribution is 5.99. The summed E-state index contributed by atoms with van der Waals surface area (Å²) < 4.78 is 5.28. The number of unbranched alkanes of at least 4 members (excludes halogenated alkanes) is 3. The molecule has 1 aromatic rings. The summed E-state index contributed by atoms with van der Waals surface area (Å²) in [6.45, 7) is 4.55. The third-order valence-corrected chi connectivity index (χ3v) is 3.72. The summed E-state index contributed by atoms with van der Waals surface area (Å²) in [5, 5.41) is 0. The highest BCUT2D eigenvalue weighted by atomic mass is 16.5. The zero-order chi connectivity index (χ0) is 16.2. The van der Waals surface area contributed by atoms with E-state index in [0.29, 0.717) is 19.4 Å². The number of esters is 1. The van der Waals surface area contributed by atoms with E-state index in [0.717, 1.165) is 37.7 Å². The number of rotatable bonds is 11. The zero-order valence-corrected chi connectivity index (χ0v) is 13.8. The van der Waals surface area contributed by atoms with Crippen LogP contribution < -0.4 is 0 Å². The normalized spacial score (nSPS) is 11.9. The van der Waals surface area contributed by atoms with Crippen molar-refractivity contribution < 1.29 is 14.3 Å². The molecule has 0 N–H and O–H groups in total. The summed E-state index contributed by atoms with van der Waals surface area (Å²) in [6, 6.07) is 9.69. The Hall–Kier alpha value is -1.64. The summed E-state index contributed by atoms with van der Waals surface area (Å²) in [4.78, 5) is 24.6. The van der Waals surface area contributed by atoms with Gasteiger partial charge in [-0.2, -0.15) is 0 Å². The van der Waals surface area contributed by atoms with E-state index in [9.17, 15) is 9.59 Å². The van der Waals surface area contributed by atoms with Gasteiger partial charge in [0.1, 0.15) is 11.7 Å². The Kier molecular flexibility index (Phi) is 9.20. The second kappa shape index (κ2) is 11.0. The van der Waals surface area contributed by atoms with Crippen LogP contribution in [0.25, 0.3) is 0 Å². The smallest absolute Gasteiger partial charge is 0.316 e. The largest absolute Gasteiger partial charge is 0.465 e. The molecule has 3 nitrogen and oxygen atoms in total. The van der Waals surface area contributed by atoms with E-state index in [1.807, 2.05) is 37.3 Å². The van der Waals surface area contributed by atoms with Gasteiger partial charge in [0.25, 0.3) is 0 Å². The molecule has 0 heterocycles. The van der Waals surface area contributed by atoms with Gasteiger partial charge >= 0.3 is 5.97 Å².